The molecule has 0 aliphatic carbocycles. The van der Waals surface area contributed by atoms with Crippen molar-refractivity contribution in [1.29, 1.82) is 0 Å². The maximum absolute atomic E-state index is 12.4. The van der Waals surface area contributed by atoms with Gasteiger partial charge in [0, 0.05) is 20.0 Å². The van der Waals surface area contributed by atoms with E-state index in [9.17, 15) is 14.9 Å². The fourth-order valence-electron chi connectivity index (χ4n) is 2.69. The van der Waals surface area contributed by atoms with Crippen LogP contribution in [0.5, 0.6) is 0 Å². The number of rotatable bonds is 7. The average Bonchev–Trinajstić information content (AvgIpc) is 3.04. The second-order valence-electron chi connectivity index (χ2n) is 5.75. The number of halogens is 1. The summed E-state index contributed by atoms with van der Waals surface area (Å²) in [6, 6.07) is 0. The van der Waals surface area contributed by atoms with Crippen LogP contribution < -0.4 is 0 Å². The Morgan fingerprint density at radius 1 is 1.40 bits per heavy atom. The van der Waals surface area contributed by atoms with E-state index >= 15 is 0 Å². The Balaban J connectivity index is 2.02. The number of aryl methyl sites for hydroxylation is 3. The van der Waals surface area contributed by atoms with Gasteiger partial charge in [-0.05, 0) is 36.7 Å². The maximum atomic E-state index is 12.4. The van der Waals surface area contributed by atoms with Crippen LogP contribution in [-0.4, -0.2) is 42.3 Å². The first-order valence-corrected chi connectivity index (χ1v) is 8.68. The highest BCUT2D eigenvalue weighted by atomic mass is 79.9. The minimum Gasteiger partial charge on any atom is -0.340 e. The van der Waals surface area contributed by atoms with Gasteiger partial charge < -0.3 is 4.90 Å². The lowest BCUT2D eigenvalue weighted by atomic mass is 10.3. The Labute approximate surface area is 153 Å². The Bertz CT molecular complexity index is 798. The minimum absolute atomic E-state index is 0.0107. The van der Waals surface area contributed by atoms with E-state index in [0.717, 1.165) is 16.7 Å². The molecule has 0 radical (unpaired) electrons. The number of amides is 1. The Morgan fingerprint density at radius 3 is 2.64 bits per heavy atom. The molecule has 0 saturated carbocycles. The van der Waals surface area contributed by atoms with Crippen LogP contribution in [0.3, 0.4) is 0 Å². The number of nitrogens with zero attached hydrogens (tertiary/aromatic N) is 6. The monoisotopic (exact) mass is 412 g/mol. The zero-order chi connectivity index (χ0) is 18.7. The quantitative estimate of drug-likeness (QED) is 0.513. The summed E-state index contributed by atoms with van der Waals surface area (Å²) >= 11 is 3.45. The van der Waals surface area contributed by atoms with Gasteiger partial charge in [0.05, 0.1) is 34.4 Å². The summed E-state index contributed by atoms with van der Waals surface area (Å²) in [6.07, 6.45) is 1.93. The summed E-state index contributed by atoms with van der Waals surface area (Å²) in [5.41, 5.74) is 1.76. The summed E-state index contributed by atoms with van der Waals surface area (Å²) < 4.78 is 4.21. The third-order valence-electron chi connectivity index (χ3n) is 4.07. The van der Waals surface area contributed by atoms with E-state index in [0.29, 0.717) is 24.5 Å². The van der Waals surface area contributed by atoms with Gasteiger partial charge in [-0.2, -0.15) is 10.2 Å². The number of aromatic nitrogens is 4. The Hall–Kier alpha value is -2.23. The van der Waals surface area contributed by atoms with E-state index < -0.39 is 4.92 Å². The molecule has 25 heavy (non-hydrogen) atoms. The molecule has 0 spiro atoms. The van der Waals surface area contributed by atoms with Crippen molar-refractivity contribution in [2.45, 2.75) is 46.8 Å². The molecule has 0 bridgehead atoms. The molecule has 0 N–H and O–H groups in total. The maximum Gasteiger partial charge on any atom is 0.312 e. The second-order valence-corrected chi connectivity index (χ2v) is 6.61. The highest BCUT2D eigenvalue weighted by Gasteiger charge is 2.22. The molecule has 0 aliphatic heterocycles. The van der Waals surface area contributed by atoms with E-state index in [-0.39, 0.29) is 18.0 Å². The number of nitro groups is 1. The van der Waals surface area contributed by atoms with Gasteiger partial charge >= 0.3 is 5.69 Å². The van der Waals surface area contributed by atoms with Crippen molar-refractivity contribution >= 4 is 27.5 Å². The van der Waals surface area contributed by atoms with Crippen molar-refractivity contribution in [2.75, 3.05) is 7.05 Å². The molecule has 0 aromatic carbocycles. The van der Waals surface area contributed by atoms with E-state index in [4.69, 9.17) is 0 Å². The van der Waals surface area contributed by atoms with Gasteiger partial charge in [-0.1, -0.05) is 0 Å². The number of carbonyl (C=O) groups excluding carboxylic acids is 1. The summed E-state index contributed by atoms with van der Waals surface area (Å²) in [6.45, 7) is 6.68. The van der Waals surface area contributed by atoms with Crippen LogP contribution in [0.2, 0.25) is 0 Å². The van der Waals surface area contributed by atoms with Crippen molar-refractivity contribution in [3.05, 3.63) is 37.9 Å². The van der Waals surface area contributed by atoms with Crippen molar-refractivity contribution in [3.63, 3.8) is 0 Å². The molecule has 0 aliphatic rings. The van der Waals surface area contributed by atoms with Gasteiger partial charge in [-0.15, -0.1) is 0 Å². The molecule has 9 nitrogen and oxygen atoms in total. The van der Waals surface area contributed by atoms with Crippen LogP contribution in [0, 0.1) is 24.0 Å². The number of carbonyl (C=O) groups is 1. The molecule has 0 saturated heterocycles. The Kier molecular flexibility index (Phi) is 5.93. The largest absolute Gasteiger partial charge is 0.340 e. The number of hydrogen-bond donors (Lipinski definition) is 0. The van der Waals surface area contributed by atoms with Crippen LogP contribution in [-0.2, 0) is 24.4 Å². The van der Waals surface area contributed by atoms with Gasteiger partial charge in [0.1, 0.15) is 11.4 Å². The van der Waals surface area contributed by atoms with Gasteiger partial charge in [0.25, 0.3) is 0 Å². The predicted molar refractivity (Wildman–Crippen MR) is 95.0 cm³/mol. The molecule has 2 rings (SSSR count). The van der Waals surface area contributed by atoms with Crippen LogP contribution in [0.1, 0.15) is 30.4 Å². The van der Waals surface area contributed by atoms with E-state index in [2.05, 4.69) is 26.1 Å². The SMILES string of the molecule is CCn1ncc(Br)c1CN(C)C(=O)CCn1nc(C)c([N+](=O)[O-])c1C. The van der Waals surface area contributed by atoms with Gasteiger partial charge in [-0.3, -0.25) is 24.3 Å². The highest BCUT2D eigenvalue weighted by molar-refractivity contribution is 9.10. The molecule has 2 aromatic rings. The van der Waals surface area contributed by atoms with E-state index in [1.165, 1.54) is 4.68 Å². The van der Waals surface area contributed by atoms with Crippen LogP contribution >= 0.6 is 15.9 Å². The van der Waals surface area contributed by atoms with Crippen molar-refractivity contribution in [2.24, 2.45) is 0 Å². The fourth-order valence-corrected chi connectivity index (χ4v) is 3.11. The summed E-state index contributed by atoms with van der Waals surface area (Å²) in [7, 11) is 1.73. The van der Waals surface area contributed by atoms with Crippen LogP contribution in [0.4, 0.5) is 5.69 Å². The van der Waals surface area contributed by atoms with Crippen molar-refractivity contribution in [1.82, 2.24) is 24.5 Å². The number of hydrogen-bond acceptors (Lipinski definition) is 5. The standard InChI is InChI=1S/C15H21BrN6O3/c1-5-20-13(12(16)8-17-20)9-19(4)14(23)6-7-21-11(3)15(22(24)25)10(2)18-21/h8H,5-7,9H2,1-4H3. The fraction of sp³-hybridized carbons (Fsp3) is 0.533. The molecule has 2 heterocycles. The van der Waals surface area contributed by atoms with E-state index in [1.807, 2.05) is 11.6 Å². The predicted octanol–water partition coefficient (Wildman–Crippen LogP) is 2.44. The van der Waals surface area contributed by atoms with E-state index in [1.54, 1.807) is 32.0 Å². The Morgan fingerprint density at radius 2 is 2.08 bits per heavy atom. The summed E-state index contributed by atoms with van der Waals surface area (Å²) in [4.78, 5) is 24.6. The molecule has 0 fully saturated rings. The average molecular weight is 413 g/mol. The van der Waals surface area contributed by atoms with Gasteiger partial charge in [0.2, 0.25) is 5.91 Å². The smallest absolute Gasteiger partial charge is 0.312 e. The third kappa shape index (κ3) is 4.06. The summed E-state index contributed by atoms with van der Waals surface area (Å²) in [5, 5.41) is 19.4. The molecule has 10 heteroatoms. The lowest BCUT2D eigenvalue weighted by Crippen LogP contribution is -2.28. The highest BCUT2D eigenvalue weighted by Crippen LogP contribution is 2.22. The first kappa shape index (κ1) is 19.1. The summed E-state index contributed by atoms with van der Waals surface area (Å²) in [5.74, 6) is -0.0639. The first-order valence-electron chi connectivity index (χ1n) is 7.88. The normalized spacial score (nSPS) is 10.9. The second kappa shape index (κ2) is 7.77. The molecule has 2 aromatic heterocycles. The minimum atomic E-state index is -0.439. The molecule has 136 valence electrons. The zero-order valence-corrected chi connectivity index (χ0v) is 16.3. The van der Waals surface area contributed by atoms with Crippen molar-refractivity contribution < 1.29 is 9.72 Å². The molecule has 0 atom stereocenters. The lowest BCUT2D eigenvalue weighted by molar-refractivity contribution is -0.386. The molecular formula is C15H21BrN6O3. The van der Waals surface area contributed by atoms with Crippen molar-refractivity contribution in [3.8, 4) is 0 Å². The first-order chi connectivity index (χ1) is 11.8. The third-order valence-corrected chi connectivity index (χ3v) is 4.74. The molecule has 0 unspecified atom stereocenters. The zero-order valence-electron chi connectivity index (χ0n) is 14.7. The molecule has 1 amide bonds. The van der Waals surface area contributed by atoms with Gasteiger partial charge in [0.15, 0.2) is 0 Å². The lowest BCUT2D eigenvalue weighted by Gasteiger charge is -2.18. The van der Waals surface area contributed by atoms with Crippen LogP contribution in [0.25, 0.3) is 0 Å². The molecular weight excluding hydrogens is 392 g/mol. The topological polar surface area (TPSA) is 99.1 Å². The van der Waals surface area contributed by atoms with Gasteiger partial charge in [-0.25, -0.2) is 0 Å². The van der Waals surface area contributed by atoms with Crippen LogP contribution in [0.15, 0.2) is 10.7 Å².